The van der Waals surface area contributed by atoms with E-state index in [0.29, 0.717) is 12.0 Å². The maximum atomic E-state index is 13.6. The van der Waals surface area contributed by atoms with Crippen LogP contribution in [0.1, 0.15) is 62.9 Å². The van der Waals surface area contributed by atoms with Crippen molar-refractivity contribution >= 4 is 21.6 Å². The number of likely N-dealkylation sites (tertiary alicyclic amines) is 1. The molecule has 2 aliphatic heterocycles. The molecule has 2 aromatic rings. The molecule has 2 heterocycles. The fraction of sp³-hybridized carbons (Fsp3) is 0.500. The van der Waals surface area contributed by atoms with E-state index in [0.717, 1.165) is 37.1 Å². The Hall–Kier alpha value is -2.34. The number of anilines is 1. The number of rotatable bonds is 3. The lowest BCUT2D eigenvalue weighted by atomic mass is 9.65. The van der Waals surface area contributed by atoms with Crippen molar-refractivity contribution in [1.82, 2.24) is 4.90 Å². The Kier molecular flexibility index (Phi) is 4.76. The first-order chi connectivity index (χ1) is 15.0. The van der Waals surface area contributed by atoms with Gasteiger partial charge >= 0.3 is 0 Å². The van der Waals surface area contributed by atoms with E-state index in [1.165, 1.54) is 4.31 Å². The Labute approximate surface area is 191 Å². The van der Waals surface area contributed by atoms with Crippen LogP contribution >= 0.6 is 0 Å². The number of carbonyl (C=O) groups is 1. The second-order valence-electron chi connectivity index (χ2n) is 11.2. The van der Waals surface area contributed by atoms with Crippen LogP contribution in [0.15, 0.2) is 53.4 Å². The lowest BCUT2D eigenvalue weighted by Gasteiger charge is -2.39. The van der Waals surface area contributed by atoms with Crippen LogP contribution in [0.2, 0.25) is 0 Å². The van der Waals surface area contributed by atoms with Crippen LogP contribution in [0.3, 0.4) is 0 Å². The maximum absolute atomic E-state index is 13.6. The van der Waals surface area contributed by atoms with Gasteiger partial charge in [0.15, 0.2) is 0 Å². The highest BCUT2D eigenvalue weighted by Gasteiger charge is 2.51. The molecule has 1 aliphatic carbocycles. The first-order valence-corrected chi connectivity index (χ1v) is 13.0. The number of nitrogens with zero attached hydrogens (tertiary/aromatic N) is 2. The number of hydrogen-bond acceptors (Lipinski definition) is 3. The molecular formula is C26H32N2O3S. The topological polar surface area (TPSA) is 57.7 Å². The SMILES string of the molecule is C[C@H]1Cc2ccccc2N1S(=O)(=O)c1cccc(C(=O)N2C[C@@]3(C)C[C@@H]2CC(C)(C)C3)c1. The molecule has 0 radical (unpaired) electrons. The molecule has 3 atom stereocenters. The maximum Gasteiger partial charge on any atom is 0.264 e. The summed E-state index contributed by atoms with van der Waals surface area (Å²) >= 11 is 0. The normalized spacial score (nSPS) is 28.6. The van der Waals surface area contributed by atoms with Gasteiger partial charge in [0.1, 0.15) is 0 Å². The van der Waals surface area contributed by atoms with Gasteiger partial charge in [0.05, 0.1) is 10.6 Å². The monoisotopic (exact) mass is 452 g/mol. The average Bonchev–Trinajstić information content (AvgIpc) is 3.19. The van der Waals surface area contributed by atoms with Gasteiger partial charge in [-0.25, -0.2) is 8.42 Å². The smallest absolute Gasteiger partial charge is 0.264 e. The summed E-state index contributed by atoms with van der Waals surface area (Å²) in [7, 11) is -3.77. The van der Waals surface area contributed by atoms with Gasteiger partial charge in [0, 0.05) is 24.2 Å². The van der Waals surface area contributed by atoms with E-state index >= 15 is 0 Å². The largest absolute Gasteiger partial charge is 0.335 e. The summed E-state index contributed by atoms with van der Waals surface area (Å²) in [4.78, 5) is 15.7. The summed E-state index contributed by atoms with van der Waals surface area (Å²) in [5, 5.41) is 0. The summed E-state index contributed by atoms with van der Waals surface area (Å²) in [6.07, 6.45) is 3.83. The Balaban J connectivity index is 1.46. The van der Waals surface area contributed by atoms with Gasteiger partial charge in [-0.1, -0.05) is 45.0 Å². The lowest BCUT2D eigenvalue weighted by Crippen LogP contribution is -2.38. The van der Waals surface area contributed by atoms with E-state index in [9.17, 15) is 13.2 Å². The number of benzene rings is 2. The molecule has 0 spiro atoms. The molecule has 2 aromatic carbocycles. The zero-order valence-corrected chi connectivity index (χ0v) is 20.2. The Morgan fingerprint density at radius 1 is 1.03 bits per heavy atom. The molecule has 2 fully saturated rings. The van der Waals surface area contributed by atoms with E-state index < -0.39 is 10.0 Å². The summed E-state index contributed by atoms with van der Waals surface area (Å²) in [6, 6.07) is 14.3. The molecule has 170 valence electrons. The highest BCUT2D eigenvalue weighted by Crippen LogP contribution is 2.52. The van der Waals surface area contributed by atoms with E-state index in [2.05, 4.69) is 20.8 Å². The Morgan fingerprint density at radius 2 is 1.78 bits per heavy atom. The second-order valence-corrected chi connectivity index (χ2v) is 13.0. The van der Waals surface area contributed by atoms with Crippen molar-refractivity contribution in [3.8, 4) is 0 Å². The van der Waals surface area contributed by atoms with Crippen LogP contribution in [0.25, 0.3) is 0 Å². The predicted molar refractivity (Wildman–Crippen MR) is 126 cm³/mol. The fourth-order valence-electron chi connectivity index (χ4n) is 6.67. The standard InChI is InChI=1S/C26H32N2O3S/c1-18-12-19-8-5-6-11-23(19)28(18)32(30,31)22-10-7-9-20(13-22)24(29)27-17-26(4)15-21(27)14-25(2,3)16-26/h5-11,13,18,21H,12,14-17H2,1-4H3/t18-,21-,26-/m0/s1. The average molecular weight is 453 g/mol. The number of amides is 1. The van der Waals surface area contributed by atoms with Gasteiger partial charge in [-0.05, 0) is 73.3 Å². The number of para-hydroxylation sites is 1. The van der Waals surface area contributed by atoms with Gasteiger partial charge in [-0.3, -0.25) is 9.10 Å². The molecule has 2 bridgehead atoms. The number of hydrogen-bond donors (Lipinski definition) is 0. The van der Waals surface area contributed by atoms with Crippen LogP contribution in [-0.2, 0) is 16.4 Å². The Bertz CT molecular complexity index is 1190. The quantitative estimate of drug-likeness (QED) is 0.668. The number of sulfonamides is 1. The molecule has 1 amide bonds. The van der Waals surface area contributed by atoms with Gasteiger partial charge in [-0.2, -0.15) is 0 Å². The van der Waals surface area contributed by atoms with Crippen LogP contribution in [-0.4, -0.2) is 37.9 Å². The molecule has 1 saturated heterocycles. The third-order valence-corrected chi connectivity index (χ3v) is 9.38. The third kappa shape index (κ3) is 3.43. The third-order valence-electron chi connectivity index (χ3n) is 7.46. The molecule has 3 aliphatic rings. The summed E-state index contributed by atoms with van der Waals surface area (Å²) < 4.78 is 28.8. The van der Waals surface area contributed by atoms with Crippen LogP contribution in [0.5, 0.6) is 0 Å². The van der Waals surface area contributed by atoms with E-state index in [4.69, 9.17) is 0 Å². The first kappa shape index (κ1) is 21.5. The number of carbonyl (C=O) groups excluding carboxylic acids is 1. The summed E-state index contributed by atoms with van der Waals surface area (Å²) in [5.74, 6) is -0.0525. The van der Waals surface area contributed by atoms with Gasteiger partial charge in [-0.15, -0.1) is 0 Å². The van der Waals surface area contributed by atoms with Crippen molar-refractivity contribution in [3.63, 3.8) is 0 Å². The van der Waals surface area contributed by atoms with Crippen molar-refractivity contribution in [2.45, 2.75) is 70.4 Å². The van der Waals surface area contributed by atoms with Crippen molar-refractivity contribution in [2.24, 2.45) is 10.8 Å². The van der Waals surface area contributed by atoms with Crippen molar-refractivity contribution in [3.05, 3.63) is 59.7 Å². The molecular weight excluding hydrogens is 420 g/mol. The zero-order chi connectivity index (χ0) is 22.9. The van der Waals surface area contributed by atoms with Crippen LogP contribution in [0, 0.1) is 10.8 Å². The predicted octanol–water partition coefficient (Wildman–Crippen LogP) is 4.87. The molecule has 5 nitrogen and oxygen atoms in total. The van der Waals surface area contributed by atoms with E-state index in [-0.39, 0.29) is 33.7 Å². The highest BCUT2D eigenvalue weighted by molar-refractivity contribution is 7.92. The molecule has 0 aromatic heterocycles. The zero-order valence-electron chi connectivity index (χ0n) is 19.3. The molecule has 1 saturated carbocycles. The lowest BCUT2D eigenvalue weighted by molar-refractivity contribution is 0.0708. The highest BCUT2D eigenvalue weighted by atomic mass is 32.2. The minimum Gasteiger partial charge on any atom is -0.335 e. The van der Waals surface area contributed by atoms with Gasteiger partial charge in [0.2, 0.25) is 0 Å². The Morgan fingerprint density at radius 3 is 2.56 bits per heavy atom. The second kappa shape index (κ2) is 7.08. The summed E-state index contributed by atoms with van der Waals surface area (Å²) in [5.41, 5.74) is 2.59. The van der Waals surface area contributed by atoms with E-state index in [1.807, 2.05) is 36.1 Å². The van der Waals surface area contributed by atoms with Crippen LogP contribution < -0.4 is 4.31 Å². The van der Waals surface area contributed by atoms with Gasteiger partial charge in [0.25, 0.3) is 15.9 Å². The van der Waals surface area contributed by atoms with Crippen molar-refractivity contribution < 1.29 is 13.2 Å². The minimum atomic E-state index is -3.77. The molecule has 0 unspecified atom stereocenters. The molecule has 32 heavy (non-hydrogen) atoms. The van der Waals surface area contributed by atoms with E-state index in [1.54, 1.807) is 24.3 Å². The number of fused-ring (bicyclic) bond motifs is 3. The molecule has 5 rings (SSSR count). The first-order valence-electron chi connectivity index (χ1n) is 11.5. The van der Waals surface area contributed by atoms with Crippen molar-refractivity contribution in [1.29, 1.82) is 0 Å². The van der Waals surface area contributed by atoms with Crippen LogP contribution in [0.4, 0.5) is 5.69 Å². The summed E-state index contributed by atoms with van der Waals surface area (Å²) in [6.45, 7) is 9.52. The van der Waals surface area contributed by atoms with Gasteiger partial charge < -0.3 is 4.90 Å². The van der Waals surface area contributed by atoms with Crippen molar-refractivity contribution in [2.75, 3.05) is 10.8 Å². The molecule has 6 heteroatoms. The molecule has 0 N–H and O–H groups in total. The minimum absolute atomic E-state index is 0.0525. The fourth-order valence-corrected chi connectivity index (χ4v) is 8.41.